The van der Waals surface area contributed by atoms with Crippen molar-refractivity contribution < 1.29 is 19.1 Å². The van der Waals surface area contributed by atoms with Gasteiger partial charge < -0.3 is 19.7 Å². The highest BCUT2D eigenvalue weighted by atomic mass is 16.6. The standard InChI is InChI=1S/C22H24N2O4/c1-14-10-15(2)12-17(11-14)27-8-9-28-22(26)16-5-6-19-18(13-16)23-21(25)20-4-3-7-24(19)20/h5-6,10-13,20H,3-4,7-9H2,1-2H3,(H,23,25)/t20-/m1/s1. The van der Waals surface area contributed by atoms with Gasteiger partial charge in [0, 0.05) is 6.54 Å². The molecule has 0 radical (unpaired) electrons. The molecule has 0 bridgehead atoms. The highest BCUT2D eigenvalue weighted by molar-refractivity contribution is 6.05. The molecule has 0 aromatic heterocycles. The Kier molecular flexibility index (Phi) is 4.94. The van der Waals surface area contributed by atoms with E-state index in [1.54, 1.807) is 12.1 Å². The molecule has 146 valence electrons. The maximum atomic E-state index is 12.4. The molecule has 1 atom stereocenters. The number of carbonyl (C=O) groups is 2. The summed E-state index contributed by atoms with van der Waals surface area (Å²) in [5.74, 6) is 0.340. The molecule has 28 heavy (non-hydrogen) atoms. The van der Waals surface area contributed by atoms with E-state index < -0.39 is 5.97 Å². The van der Waals surface area contributed by atoms with E-state index >= 15 is 0 Å². The maximum Gasteiger partial charge on any atom is 0.338 e. The summed E-state index contributed by atoms with van der Waals surface area (Å²) in [5.41, 5.74) is 4.32. The van der Waals surface area contributed by atoms with Crippen LogP contribution in [0.4, 0.5) is 11.4 Å². The predicted octanol–water partition coefficient (Wildman–Crippen LogP) is 3.46. The minimum Gasteiger partial charge on any atom is -0.490 e. The van der Waals surface area contributed by atoms with Crippen LogP contribution in [0.5, 0.6) is 5.75 Å². The van der Waals surface area contributed by atoms with E-state index in [0.717, 1.165) is 42.0 Å². The second-order valence-electron chi connectivity index (χ2n) is 7.38. The van der Waals surface area contributed by atoms with E-state index in [0.29, 0.717) is 11.3 Å². The van der Waals surface area contributed by atoms with Crippen LogP contribution < -0.4 is 15.0 Å². The molecule has 0 unspecified atom stereocenters. The molecule has 6 nitrogen and oxygen atoms in total. The summed E-state index contributed by atoms with van der Waals surface area (Å²) >= 11 is 0. The monoisotopic (exact) mass is 380 g/mol. The van der Waals surface area contributed by atoms with Crippen LogP contribution in [0.15, 0.2) is 36.4 Å². The average molecular weight is 380 g/mol. The van der Waals surface area contributed by atoms with Gasteiger partial charge in [0.1, 0.15) is 25.0 Å². The van der Waals surface area contributed by atoms with Crippen LogP contribution >= 0.6 is 0 Å². The molecule has 0 spiro atoms. The summed E-state index contributed by atoms with van der Waals surface area (Å²) in [7, 11) is 0. The number of aryl methyl sites for hydroxylation is 2. The summed E-state index contributed by atoms with van der Waals surface area (Å²) in [6, 6.07) is 11.2. The smallest absolute Gasteiger partial charge is 0.338 e. The van der Waals surface area contributed by atoms with E-state index in [9.17, 15) is 9.59 Å². The fourth-order valence-corrected chi connectivity index (χ4v) is 3.95. The van der Waals surface area contributed by atoms with Crippen LogP contribution in [-0.4, -0.2) is 37.7 Å². The van der Waals surface area contributed by atoms with E-state index in [4.69, 9.17) is 9.47 Å². The third kappa shape index (κ3) is 3.67. The minimum atomic E-state index is -0.426. The van der Waals surface area contributed by atoms with Crippen LogP contribution in [0.3, 0.4) is 0 Å². The number of hydrogen-bond donors (Lipinski definition) is 1. The second kappa shape index (κ2) is 7.54. The highest BCUT2D eigenvalue weighted by Crippen LogP contribution is 2.37. The van der Waals surface area contributed by atoms with E-state index in [1.165, 1.54) is 0 Å². The van der Waals surface area contributed by atoms with Gasteiger partial charge in [-0.2, -0.15) is 0 Å². The number of ether oxygens (including phenoxy) is 2. The number of nitrogens with zero attached hydrogens (tertiary/aromatic N) is 1. The quantitative estimate of drug-likeness (QED) is 0.636. The molecule has 6 heteroatoms. The SMILES string of the molecule is Cc1cc(C)cc(OCCOC(=O)c2ccc3c(c2)NC(=O)[C@H]2CCCN32)c1. The number of benzene rings is 2. The van der Waals surface area contributed by atoms with Gasteiger partial charge in [-0.05, 0) is 68.1 Å². The van der Waals surface area contributed by atoms with E-state index in [1.807, 2.05) is 32.0 Å². The maximum absolute atomic E-state index is 12.4. The Labute approximate surface area is 164 Å². The van der Waals surface area contributed by atoms with Gasteiger partial charge in [-0.3, -0.25) is 4.79 Å². The molecule has 0 saturated carbocycles. The molecular formula is C22H24N2O4. The van der Waals surface area contributed by atoms with Crippen LogP contribution in [0.2, 0.25) is 0 Å². The molecule has 2 aromatic carbocycles. The van der Waals surface area contributed by atoms with Crippen LogP contribution in [0.1, 0.15) is 34.3 Å². The summed E-state index contributed by atoms with van der Waals surface area (Å²) in [5, 5.41) is 2.91. The number of hydrogen-bond acceptors (Lipinski definition) is 5. The first-order valence-corrected chi connectivity index (χ1v) is 9.61. The molecule has 1 saturated heterocycles. The number of rotatable bonds is 5. The number of amides is 1. The van der Waals surface area contributed by atoms with Crippen molar-refractivity contribution in [2.24, 2.45) is 0 Å². The molecule has 2 heterocycles. The zero-order valence-corrected chi connectivity index (χ0v) is 16.2. The molecule has 1 amide bonds. The lowest BCUT2D eigenvalue weighted by Gasteiger charge is -2.33. The first-order chi connectivity index (χ1) is 13.5. The van der Waals surface area contributed by atoms with Gasteiger partial charge in [-0.1, -0.05) is 6.07 Å². The van der Waals surface area contributed by atoms with Gasteiger partial charge in [-0.15, -0.1) is 0 Å². The lowest BCUT2D eigenvalue weighted by molar-refractivity contribution is -0.117. The first kappa shape index (κ1) is 18.3. The van der Waals surface area contributed by atoms with Crippen LogP contribution in [0, 0.1) is 13.8 Å². The molecule has 0 aliphatic carbocycles. The molecule has 4 rings (SSSR count). The molecule has 2 aromatic rings. The van der Waals surface area contributed by atoms with Gasteiger partial charge >= 0.3 is 5.97 Å². The van der Waals surface area contributed by atoms with Crippen molar-refractivity contribution in [3.05, 3.63) is 53.1 Å². The van der Waals surface area contributed by atoms with Gasteiger partial charge in [0.2, 0.25) is 5.91 Å². The molecule has 1 N–H and O–H groups in total. The summed E-state index contributed by atoms with van der Waals surface area (Å²) < 4.78 is 11.0. The lowest BCUT2D eigenvalue weighted by atomic mass is 10.1. The zero-order chi connectivity index (χ0) is 19.7. The summed E-state index contributed by atoms with van der Waals surface area (Å²) in [6.07, 6.45) is 1.87. The first-order valence-electron chi connectivity index (χ1n) is 9.61. The van der Waals surface area contributed by atoms with Crippen molar-refractivity contribution in [2.75, 3.05) is 30.0 Å². The molecule has 2 aliphatic heterocycles. The van der Waals surface area contributed by atoms with Crippen LogP contribution in [-0.2, 0) is 9.53 Å². The Balaban J connectivity index is 1.35. The normalized spacial score (nSPS) is 17.6. The number of nitrogens with one attached hydrogen (secondary N) is 1. The Morgan fingerprint density at radius 3 is 2.71 bits per heavy atom. The lowest BCUT2D eigenvalue weighted by Crippen LogP contribution is -2.43. The average Bonchev–Trinajstić information content (AvgIpc) is 3.15. The predicted molar refractivity (Wildman–Crippen MR) is 107 cm³/mol. The second-order valence-corrected chi connectivity index (χ2v) is 7.38. The summed E-state index contributed by atoms with van der Waals surface area (Å²) in [4.78, 5) is 26.7. The summed E-state index contributed by atoms with van der Waals surface area (Å²) in [6.45, 7) is 5.33. The Bertz CT molecular complexity index is 904. The topological polar surface area (TPSA) is 67.9 Å². The Morgan fingerprint density at radius 1 is 1.14 bits per heavy atom. The third-order valence-electron chi connectivity index (χ3n) is 5.14. The van der Waals surface area contributed by atoms with E-state index in [2.05, 4.69) is 16.3 Å². The molecule has 2 aliphatic rings. The third-order valence-corrected chi connectivity index (χ3v) is 5.14. The minimum absolute atomic E-state index is 0.00244. The number of esters is 1. The van der Waals surface area contributed by atoms with Crippen LogP contribution in [0.25, 0.3) is 0 Å². The van der Waals surface area contributed by atoms with Gasteiger partial charge in [0.25, 0.3) is 0 Å². The van der Waals surface area contributed by atoms with Crippen molar-refractivity contribution in [2.45, 2.75) is 32.7 Å². The van der Waals surface area contributed by atoms with Gasteiger partial charge in [-0.25, -0.2) is 4.79 Å². The molecule has 1 fully saturated rings. The van der Waals surface area contributed by atoms with Crippen molar-refractivity contribution in [1.29, 1.82) is 0 Å². The number of carbonyl (C=O) groups excluding carboxylic acids is 2. The number of anilines is 2. The van der Waals surface area contributed by atoms with Gasteiger partial charge in [0.05, 0.1) is 16.9 Å². The fraction of sp³-hybridized carbons (Fsp3) is 0.364. The Hall–Kier alpha value is -3.02. The van der Waals surface area contributed by atoms with Crippen molar-refractivity contribution in [3.8, 4) is 5.75 Å². The van der Waals surface area contributed by atoms with Crippen molar-refractivity contribution in [3.63, 3.8) is 0 Å². The zero-order valence-electron chi connectivity index (χ0n) is 16.2. The largest absolute Gasteiger partial charge is 0.490 e. The van der Waals surface area contributed by atoms with Gasteiger partial charge in [0.15, 0.2) is 0 Å². The highest BCUT2D eigenvalue weighted by Gasteiger charge is 2.36. The van der Waals surface area contributed by atoms with E-state index in [-0.39, 0.29) is 25.2 Å². The number of fused-ring (bicyclic) bond motifs is 3. The van der Waals surface area contributed by atoms with Crippen molar-refractivity contribution >= 4 is 23.3 Å². The fourth-order valence-electron chi connectivity index (χ4n) is 3.95. The Morgan fingerprint density at radius 2 is 1.93 bits per heavy atom. The van der Waals surface area contributed by atoms with Crippen molar-refractivity contribution in [1.82, 2.24) is 0 Å². The molecular weight excluding hydrogens is 356 g/mol.